The van der Waals surface area contributed by atoms with Gasteiger partial charge in [0.25, 0.3) is 0 Å². The van der Waals surface area contributed by atoms with E-state index in [2.05, 4.69) is 76.2 Å². The monoisotopic (exact) mass is 238 g/mol. The molecule has 0 spiro atoms. The molecule has 0 fully saturated rings. The average Bonchev–Trinajstić information content (AvgIpc) is 2.39. The summed E-state index contributed by atoms with van der Waals surface area (Å²) in [5.41, 5.74) is 5.76. The van der Waals surface area contributed by atoms with Crippen LogP contribution in [0, 0.1) is 13.8 Å². The predicted octanol–water partition coefficient (Wildman–Crippen LogP) is 5.02. The van der Waals surface area contributed by atoms with Gasteiger partial charge in [-0.3, -0.25) is 0 Å². The largest absolute Gasteiger partial charge is 0.0642 e. The maximum Gasteiger partial charge on any atom is 0.0177 e. The van der Waals surface area contributed by atoms with Crippen LogP contribution in [-0.2, 0) is 5.41 Å². The molecule has 0 N–H and O–H groups in total. The molecule has 94 valence electrons. The zero-order valence-corrected chi connectivity index (χ0v) is 11.8. The average molecular weight is 238 g/mol. The topological polar surface area (TPSA) is 0 Å². The molecule has 0 radical (unpaired) electrons. The van der Waals surface area contributed by atoms with E-state index in [1.807, 2.05) is 0 Å². The fraction of sp³-hybridized carbons (Fsp3) is 0.333. The summed E-state index contributed by atoms with van der Waals surface area (Å²) in [7, 11) is 0. The Kier molecular flexibility index (Phi) is 3.56. The second-order valence-corrected chi connectivity index (χ2v) is 5.32. The van der Waals surface area contributed by atoms with Gasteiger partial charge in [0, 0.05) is 5.41 Å². The molecule has 0 aliphatic rings. The van der Waals surface area contributed by atoms with E-state index < -0.39 is 0 Å². The van der Waals surface area contributed by atoms with Crippen LogP contribution in [0.2, 0.25) is 0 Å². The molecular weight excluding hydrogens is 216 g/mol. The molecule has 0 nitrogen and oxygen atoms in total. The fourth-order valence-corrected chi connectivity index (χ4v) is 2.91. The van der Waals surface area contributed by atoms with Gasteiger partial charge in [0.2, 0.25) is 0 Å². The minimum atomic E-state index is 0.108. The number of hydrogen-bond donors (Lipinski definition) is 0. The minimum Gasteiger partial charge on any atom is -0.0642 e. The van der Waals surface area contributed by atoms with Gasteiger partial charge in [0.1, 0.15) is 0 Å². The Bertz CT molecular complexity index is 492. The number of benzene rings is 2. The second-order valence-electron chi connectivity index (χ2n) is 5.32. The molecule has 0 bridgehead atoms. The summed E-state index contributed by atoms with van der Waals surface area (Å²) < 4.78 is 0. The van der Waals surface area contributed by atoms with Gasteiger partial charge in [-0.2, -0.15) is 0 Å². The number of aryl methyl sites for hydroxylation is 2. The summed E-state index contributed by atoms with van der Waals surface area (Å²) in [5, 5.41) is 0. The van der Waals surface area contributed by atoms with Gasteiger partial charge in [0.15, 0.2) is 0 Å². The zero-order chi connectivity index (χ0) is 13.2. The first-order chi connectivity index (χ1) is 8.59. The third-order valence-electron chi connectivity index (χ3n) is 4.19. The molecule has 0 aliphatic heterocycles. The summed E-state index contributed by atoms with van der Waals surface area (Å²) in [6.45, 7) is 9.06. The maximum atomic E-state index is 2.36. The van der Waals surface area contributed by atoms with Gasteiger partial charge in [-0.15, -0.1) is 0 Å². The van der Waals surface area contributed by atoms with Crippen molar-refractivity contribution in [2.75, 3.05) is 0 Å². The molecule has 0 heterocycles. The van der Waals surface area contributed by atoms with Gasteiger partial charge in [-0.1, -0.05) is 62.4 Å². The molecule has 2 aromatic carbocycles. The molecule has 2 aromatic rings. The van der Waals surface area contributed by atoms with E-state index in [9.17, 15) is 0 Å². The molecule has 0 saturated carbocycles. The van der Waals surface area contributed by atoms with Crippen LogP contribution in [0.25, 0.3) is 0 Å². The Morgan fingerprint density at radius 2 is 1.17 bits per heavy atom. The van der Waals surface area contributed by atoms with Crippen LogP contribution < -0.4 is 0 Å². The third-order valence-corrected chi connectivity index (χ3v) is 4.19. The molecule has 0 unspecified atom stereocenters. The van der Waals surface area contributed by atoms with Gasteiger partial charge in [0.05, 0.1) is 0 Å². The summed E-state index contributed by atoms with van der Waals surface area (Å²) in [6.07, 6.45) is 1.11. The van der Waals surface area contributed by atoms with E-state index in [-0.39, 0.29) is 5.41 Å². The molecule has 0 aromatic heterocycles. The van der Waals surface area contributed by atoms with Crippen molar-refractivity contribution in [1.82, 2.24) is 0 Å². The van der Waals surface area contributed by atoms with Crippen molar-refractivity contribution in [3.8, 4) is 0 Å². The number of rotatable bonds is 3. The minimum absolute atomic E-state index is 0.108. The van der Waals surface area contributed by atoms with Gasteiger partial charge < -0.3 is 0 Å². The van der Waals surface area contributed by atoms with Gasteiger partial charge in [-0.25, -0.2) is 0 Å². The van der Waals surface area contributed by atoms with Crippen molar-refractivity contribution in [1.29, 1.82) is 0 Å². The smallest absolute Gasteiger partial charge is 0.0177 e. The Morgan fingerprint density at radius 3 is 1.50 bits per heavy atom. The summed E-state index contributed by atoms with van der Waals surface area (Å²) >= 11 is 0. The van der Waals surface area contributed by atoms with Crippen LogP contribution in [0.15, 0.2) is 48.5 Å². The van der Waals surface area contributed by atoms with E-state index in [4.69, 9.17) is 0 Å². The van der Waals surface area contributed by atoms with Crippen LogP contribution in [0.5, 0.6) is 0 Å². The molecule has 2 rings (SSSR count). The van der Waals surface area contributed by atoms with Crippen molar-refractivity contribution in [2.24, 2.45) is 0 Å². The van der Waals surface area contributed by atoms with Crippen molar-refractivity contribution in [3.05, 3.63) is 70.8 Å². The van der Waals surface area contributed by atoms with Crippen LogP contribution in [0.4, 0.5) is 0 Å². The van der Waals surface area contributed by atoms with Gasteiger partial charge >= 0.3 is 0 Å². The fourth-order valence-electron chi connectivity index (χ4n) is 2.91. The first kappa shape index (κ1) is 12.9. The first-order valence-electron chi connectivity index (χ1n) is 6.72. The predicted molar refractivity (Wildman–Crippen MR) is 79.1 cm³/mol. The molecule has 18 heavy (non-hydrogen) atoms. The van der Waals surface area contributed by atoms with Gasteiger partial charge in [-0.05, 0) is 42.5 Å². The number of hydrogen-bond acceptors (Lipinski definition) is 0. The van der Waals surface area contributed by atoms with Crippen molar-refractivity contribution < 1.29 is 0 Å². The van der Waals surface area contributed by atoms with E-state index in [1.54, 1.807) is 0 Å². The first-order valence-corrected chi connectivity index (χ1v) is 6.72. The van der Waals surface area contributed by atoms with E-state index in [0.29, 0.717) is 0 Å². The highest BCUT2D eigenvalue weighted by Crippen LogP contribution is 2.38. The van der Waals surface area contributed by atoms with Crippen molar-refractivity contribution in [2.45, 2.75) is 39.5 Å². The zero-order valence-electron chi connectivity index (χ0n) is 11.8. The van der Waals surface area contributed by atoms with Crippen LogP contribution in [0.3, 0.4) is 0 Å². The van der Waals surface area contributed by atoms with Crippen molar-refractivity contribution >= 4 is 0 Å². The summed E-state index contributed by atoms with van der Waals surface area (Å²) in [4.78, 5) is 0. The maximum absolute atomic E-state index is 2.36. The summed E-state index contributed by atoms with van der Waals surface area (Å²) in [5.74, 6) is 0. The lowest BCUT2D eigenvalue weighted by Gasteiger charge is -2.32. The highest BCUT2D eigenvalue weighted by atomic mass is 14.3. The van der Waals surface area contributed by atoms with Crippen LogP contribution in [-0.4, -0.2) is 0 Å². The van der Waals surface area contributed by atoms with Crippen LogP contribution >= 0.6 is 0 Å². The highest BCUT2D eigenvalue weighted by Gasteiger charge is 2.29. The Hall–Kier alpha value is -1.56. The standard InChI is InChI=1S/C18H22/c1-5-18(4,16-12-8-6-10-14(16)2)17-13-9-7-11-15(17)3/h6-13H,5H2,1-4H3. The summed E-state index contributed by atoms with van der Waals surface area (Å²) in [6, 6.07) is 17.5. The quantitative estimate of drug-likeness (QED) is 0.704. The van der Waals surface area contributed by atoms with E-state index in [0.717, 1.165) is 6.42 Å². The lowest BCUT2D eigenvalue weighted by Crippen LogP contribution is -2.24. The Labute approximate surface area is 111 Å². The molecular formula is C18H22. The Morgan fingerprint density at radius 1 is 0.778 bits per heavy atom. The third kappa shape index (κ3) is 2.08. The molecule has 0 heteroatoms. The van der Waals surface area contributed by atoms with Crippen LogP contribution in [0.1, 0.15) is 42.5 Å². The SMILES string of the molecule is CCC(C)(c1ccccc1C)c1ccccc1C. The molecule has 0 saturated heterocycles. The highest BCUT2D eigenvalue weighted by molar-refractivity contribution is 5.45. The molecule has 0 amide bonds. The molecule has 0 atom stereocenters. The van der Waals surface area contributed by atoms with E-state index in [1.165, 1.54) is 22.3 Å². The molecule has 0 aliphatic carbocycles. The second kappa shape index (κ2) is 4.97. The normalized spacial score (nSPS) is 11.6. The lowest BCUT2D eigenvalue weighted by atomic mass is 9.71. The van der Waals surface area contributed by atoms with Crippen molar-refractivity contribution in [3.63, 3.8) is 0 Å². The Balaban J connectivity index is 2.63. The van der Waals surface area contributed by atoms with E-state index >= 15 is 0 Å². The lowest BCUT2D eigenvalue weighted by molar-refractivity contribution is 0.543.